The fourth-order valence-electron chi connectivity index (χ4n) is 8.81. The highest BCUT2D eigenvalue weighted by Crippen LogP contribution is 2.59. The highest BCUT2D eigenvalue weighted by Gasteiger charge is 2.31. The van der Waals surface area contributed by atoms with Crippen molar-refractivity contribution in [1.82, 2.24) is 0 Å². The third-order valence-electron chi connectivity index (χ3n) is 12.6. The maximum absolute atomic E-state index is 11.1. The third-order valence-corrected chi connectivity index (χ3v) is 12.6. The summed E-state index contributed by atoms with van der Waals surface area (Å²) in [4.78, 5) is 2.93. The predicted molar refractivity (Wildman–Crippen MR) is 280 cm³/mol. The van der Waals surface area contributed by atoms with Crippen molar-refractivity contribution in [2.24, 2.45) is 0 Å². The second kappa shape index (κ2) is 18.7. The quantitative estimate of drug-likeness (QED) is 0.0434. The Hall–Kier alpha value is -10.2. The molecule has 0 fully saturated rings. The second-order valence-electron chi connectivity index (χ2n) is 16.9. The molecule has 0 amide bonds. The van der Waals surface area contributed by atoms with Crippen LogP contribution in [0.3, 0.4) is 0 Å². The molecule has 10 N–H and O–H groups in total. The summed E-state index contributed by atoms with van der Waals surface area (Å²) in [6.07, 6.45) is 0. The predicted octanol–water partition coefficient (Wildman–Crippen LogP) is 14.0. The van der Waals surface area contributed by atoms with Gasteiger partial charge in [-0.2, -0.15) is 0 Å². The Kier molecular flexibility index (Phi) is 11.8. The summed E-state index contributed by atoms with van der Waals surface area (Å²) in [5, 5.41) is 107. The van der Waals surface area contributed by atoms with Gasteiger partial charge in [-0.3, -0.25) is 0 Å². The summed E-state index contributed by atoms with van der Waals surface area (Å²) in [7, 11) is 0. The van der Waals surface area contributed by atoms with E-state index in [2.05, 4.69) is 0 Å². The van der Waals surface area contributed by atoms with E-state index in [1.807, 2.05) is 158 Å². The van der Waals surface area contributed by atoms with E-state index >= 15 is 0 Å². The molecule has 354 valence electrons. The lowest BCUT2D eigenvalue weighted by Gasteiger charge is -2.28. The highest BCUT2D eigenvalue weighted by atomic mass is 16.4. The second-order valence-corrected chi connectivity index (χ2v) is 16.9. The molecule has 0 bridgehead atoms. The average molecular weight is 953 g/mol. The van der Waals surface area contributed by atoms with Crippen LogP contribution in [0.15, 0.2) is 206 Å². The van der Waals surface area contributed by atoms with Gasteiger partial charge in [0, 0.05) is 22.7 Å². The van der Waals surface area contributed by atoms with Gasteiger partial charge in [0.1, 0.15) is 11.4 Å². The van der Waals surface area contributed by atoms with Crippen LogP contribution in [-0.4, -0.2) is 51.1 Å². The fraction of sp³-hybridized carbons (Fsp3) is 0. The molecule has 10 rings (SSSR count). The summed E-state index contributed by atoms with van der Waals surface area (Å²) in [5.41, 5.74) is 10.2. The minimum absolute atomic E-state index is 0.345. The number of nitrogens with zero attached hydrogens (tertiary/aromatic N) is 2. The van der Waals surface area contributed by atoms with Crippen LogP contribution in [0.5, 0.6) is 57.5 Å². The van der Waals surface area contributed by atoms with Gasteiger partial charge in [0.15, 0.2) is 23.0 Å². The number of phenols is 10. The van der Waals surface area contributed by atoms with Crippen LogP contribution < -0.4 is 9.80 Å². The Balaban J connectivity index is 0.956. The first-order chi connectivity index (χ1) is 34.9. The zero-order valence-corrected chi connectivity index (χ0v) is 38.0. The summed E-state index contributed by atoms with van der Waals surface area (Å²) in [5.74, 6) is -9.46. The molecule has 0 spiro atoms. The van der Waals surface area contributed by atoms with Gasteiger partial charge in [0.05, 0.1) is 0 Å². The number of phenolic OH excluding ortho intramolecular Hbond substituents is 10. The first kappa shape index (κ1) is 45.6. The van der Waals surface area contributed by atoms with Crippen LogP contribution in [0.1, 0.15) is 0 Å². The normalized spacial score (nSPS) is 11.1. The maximum Gasteiger partial charge on any atom is 0.208 e. The lowest BCUT2D eigenvalue weighted by atomic mass is 9.96. The molecule has 0 radical (unpaired) electrons. The topological polar surface area (TPSA) is 209 Å². The first-order valence-electron chi connectivity index (χ1n) is 22.6. The highest BCUT2D eigenvalue weighted by molar-refractivity contribution is 5.92. The molecule has 72 heavy (non-hydrogen) atoms. The molecule has 0 aliphatic rings. The van der Waals surface area contributed by atoms with Crippen molar-refractivity contribution in [3.63, 3.8) is 0 Å². The van der Waals surface area contributed by atoms with E-state index in [1.165, 1.54) is 9.80 Å². The molecule has 0 unspecified atom stereocenters. The number of hydrogen-bond donors (Lipinski definition) is 10. The molecular weight excluding hydrogens is 909 g/mol. The van der Waals surface area contributed by atoms with E-state index in [0.29, 0.717) is 22.7 Å². The molecule has 0 aromatic heterocycles. The molecule has 10 aromatic carbocycles. The lowest BCUT2D eigenvalue weighted by Crippen LogP contribution is -2.10. The van der Waals surface area contributed by atoms with Crippen molar-refractivity contribution in [2.45, 2.75) is 0 Å². The third kappa shape index (κ3) is 8.30. The average Bonchev–Trinajstić information content (AvgIpc) is 3.44. The van der Waals surface area contributed by atoms with Crippen LogP contribution in [0.4, 0.5) is 34.1 Å². The van der Waals surface area contributed by atoms with E-state index in [0.717, 1.165) is 55.6 Å². The largest absolute Gasteiger partial charge is 0.503 e. The van der Waals surface area contributed by atoms with Gasteiger partial charge in [-0.05, 0) is 116 Å². The number of rotatable bonds is 11. The molecule has 0 atom stereocenters. The fourth-order valence-corrected chi connectivity index (χ4v) is 8.81. The summed E-state index contributed by atoms with van der Waals surface area (Å²) in [6.45, 7) is 0. The molecule has 0 saturated heterocycles. The van der Waals surface area contributed by atoms with Gasteiger partial charge >= 0.3 is 0 Å². The molecule has 12 nitrogen and oxygen atoms in total. The number of benzene rings is 10. The molecule has 0 saturated carbocycles. The van der Waals surface area contributed by atoms with E-state index in [9.17, 15) is 51.1 Å². The standard InChI is InChI=1S/C60H44N2O10/c63-51-49(52(64)56(68)59(71)55(51)67)61(45-25-17-37(18-26-45)35-9-3-1-4-10-35)47-29-21-39(22-30-47)41-13-7-15-43(33-41)44-16-8-14-42(34-44)40-23-31-48(32-24-40)62(50-53(65)57(69)60(72)58(70)54(50)66)46-27-19-38(20-28-46)36-11-5-2-6-12-36/h1-34,63-72H. The van der Waals surface area contributed by atoms with E-state index in [4.69, 9.17) is 0 Å². The Morgan fingerprint density at radius 1 is 0.181 bits per heavy atom. The van der Waals surface area contributed by atoms with Crippen molar-refractivity contribution < 1.29 is 51.1 Å². The molecule has 0 aliphatic carbocycles. The molecule has 12 heteroatoms. The molecular formula is C60H44N2O10. The van der Waals surface area contributed by atoms with E-state index < -0.39 is 57.5 Å². The zero-order chi connectivity index (χ0) is 50.2. The van der Waals surface area contributed by atoms with Gasteiger partial charge in [-0.25, -0.2) is 0 Å². The van der Waals surface area contributed by atoms with Crippen LogP contribution in [0, 0.1) is 0 Å². The van der Waals surface area contributed by atoms with Crippen molar-refractivity contribution in [2.75, 3.05) is 9.80 Å². The number of anilines is 6. The smallest absolute Gasteiger partial charge is 0.208 e. The van der Waals surface area contributed by atoms with Gasteiger partial charge in [-0.15, -0.1) is 0 Å². The summed E-state index contributed by atoms with van der Waals surface area (Å²) in [6, 6.07) is 64.5. The first-order valence-corrected chi connectivity index (χ1v) is 22.6. The van der Waals surface area contributed by atoms with Crippen LogP contribution in [-0.2, 0) is 0 Å². The van der Waals surface area contributed by atoms with Crippen molar-refractivity contribution in [3.05, 3.63) is 206 Å². The van der Waals surface area contributed by atoms with Gasteiger partial charge in [0.25, 0.3) is 0 Å². The van der Waals surface area contributed by atoms with Crippen LogP contribution >= 0.6 is 0 Å². The van der Waals surface area contributed by atoms with Gasteiger partial charge in [0.2, 0.25) is 34.5 Å². The molecule has 10 aromatic rings. The number of hydrogen-bond acceptors (Lipinski definition) is 12. The molecule has 0 aliphatic heterocycles. The van der Waals surface area contributed by atoms with E-state index in [1.54, 1.807) is 48.5 Å². The maximum atomic E-state index is 11.1. The summed E-state index contributed by atoms with van der Waals surface area (Å²) >= 11 is 0. The van der Waals surface area contributed by atoms with Gasteiger partial charge in [-0.1, -0.05) is 146 Å². The summed E-state index contributed by atoms with van der Waals surface area (Å²) < 4.78 is 0. The minimum Gasteiger partial charge on any atom is -0.503 e. The number of aromatic hydroxyl groups is 10. The van der Waals surface area contributed by atoms with Crippen molar-refractivity contribution in [3.8, 4) is 113 Å². The van der Waals surface area contributed by atoms with Crippen molar-refractivity contribution >= 4 is 34.1 Å². The van der Waals surface area contributed by atoms with Gasteiger partial charge < -0.3 is 60.9 Å². The monoisotopic (exact) mass is 952 g/mol. The Morgan fingerprint density at radius 2 is 0.375 bits per heavy atom. The zero-order valence-electron chi connectivity index (χ0n) is 38.0. The van der Waals surface area contributed by atoms with Crippen LogP contribution in [0.25, 0.3) is 55.6 Å². The SMILES string of the molecule is Oc1c(O)c(O)c(N(c2ccc(-c3ccccc3)cc2)c2ccc(-c3cccc(-c4cccc(-c5ccc(N(c6ccc(-c7ccccc7)cc6)c6c(O)c(O)c(O)c(O)c6O)cc5)c4)c3)cc2)c(O)c1O. The molecule has 0 heterocycles. The van der Waals surface area contributed by atoms with Crippen molar-refractivity contribution in [1.29, 1.82) is 0 Å². The lowest BCUT2D eigenvalue weighted by molar-refractivity contribution is 0.329. The van der Waals surface area contributed by atoms with Crippen LogP contribution in [0.2, 0.25) is 0 Å². The Labute approximate surface area is 412 Å². The Bertz CT molecular complexity index is 3310. The Morgan fingerprint density at radius 3 is 0.639 bits per heavy atom. The van der Waals surface area contributed by atoms with E-state index in [-0.39, 0.29) is 11.4 Å². The minimum atomic E-state index is -1.06.